The average Bonchev–Trinajstić information content (AvgIpc) is 2.42. The summed E-state index contributed by atoms with van der Waals surface area (Å²) in [5.74, 6) is -0.946. The van der Waals surface area contributed by atoms with E-state index in [0.717, 1.165) is 0 Å². The number of aromatic nitrogens is 1. The monoisotopic (exact) mass is 256 g/mol. The van der Waals surface area contributed by atoms with Gasteiger partial charge in [0.15, 0.2) is 5.69 Å². The van der Waals surface area contributed by atoms with E-state index in [9.17, 15) is 9.59 Å². The van der Waals surface area contributed by atoms with Crippen molar-refractivity contribution in [3.8, 4) is 0 Å². The number of rotatable bonds is 1. The number of carboxylic acids is 1. The number of nitrogens with zero attached hydrogens (tertiary/aromatic N) is 1. The summed E-state index contributed by atoms with van der Waals surface area (Å²) in [6.07, 6.45) is 0.251. The Hall–Kier alpha value is -1.43. The SMILES string of the molecule is O=C1Cc2cc(Br)c(C(=O)O)nc2N1. The van der Waals surface area contributed by atoms with Crippen molar-refractivity contribution in [2.75, 3.05) is 5.32 Å². The van der Waals surface area contributed by atoms with Gasteiger partial charge in [-0.3, -0.25) is 4.79 Å². The van der Waals surface area contributed by atoms with Crippen LogP contribution in [0.5, 0.6) is 0 Å². The van der Waals surface area contributed by atoms with E-state index in [1.165, 1.54) is 0 Å². The van der Waals surface area contributed by atoms with Gasteiger partial charge in [0.25, 0.3) is 0 Å². The molecule has 1 aliphatic rings. The Morgan fingerprint density at radius 2 is 2.36 bits per heavy atom. The van der Waals surface area contributed by atoms with Gasteiger partial charge in [-0.25, -0.2) is 9.78 Å². The molecule has 1 aromatic rings. The van der Waals surface area contributed by atoms with Gasteiger partial charge < -0.3 is 10.4 Å². The van der Waals surface area contributed by atoms with Gasteiger partial charge in [-0.1, -0.05) is 0 Å². The van der Waals surface area contributed by atoms with Crippen LogP contribution in [0.3, 0.4) is 0 Å². The summed E-state index contributed by atoms with van der Waals surface area (Å²) < 4.78 is 0.389. The second-order valence-corrected chi connectivity index (χ2v) is 3.71. The van der Waals surface area contributed by atoms with Crippen LogP contribution in [-0.2, 0) is 11.2 Å². The van der Waals surface area contributed by atoms with E-state index in [0.29, 0.717) is 15.9 Å². The normalized spacial score (nSPS) is 13.6. The Balaban J connectivity index is 2.55. The van der Waals surface area contributed by atoms with E-state index in [1.54, 1.807) is 6.07 Å². The molecule has 0 aromatic carbocycles. The van der Waals surface area contributed by atoms with Crippen molar-refractivity contribution in [3.63, 3.8) is 0 Å². The molecule has 1 aliphatic heterocycles. The number of halogens is 1. The number of hydrogen-bond acceptors (Lipinski definition) is 3. The number of anilines is 1. The minimum absolute atomic E-state index is 0.0917. The van der Waals surface area contributed by atoms with Crippen LogP contribution in [0, 0.1) is 0 Å². The predicted octanol–water partition coefficient (Wildman–Crippen LogP) is 1.04. The first-order valence-corrected chi connectivity index (χ1v) is 4.60. The average molecular weight is 257 g/mol. The molecular formula is C8H5BrN2O3. The minimum Gasteiger partial charge on any atom is -0.476 e. The number of hydrogen-bond donors (Lipinski definition) is 2. The first-order chi connectivity index (χ1) is 6.58. The fourth-order valence-electron chi connectivity index (χ4n) is 1.27. The van der Waals surface area contributed by atoms with Gasteiger partial charge in [-0.2, -0.15) is 0 Å². The van der Waals surface area contributed by atoms with E-state index >= 15 is 0 Å². The van der Waals surface area contributed by atoms with E-state index in [2.05, 4.69) is 26.2 Å². The summed E-state index contributed by atoms with van der Waals surface area (Å²) in [6.45, 7) is 0. The lowest BCUT2D eigenvalue weighted by Gasteiger charge is -2.01. The lowest BCUT2D eigenvalue weighted by atomic mass is 10.2. The van der Waals surface area contributed by atoms with Crippen LogP contribution < -0.4 is 5.32 Å². The zero-order valence-electron chi connectivity index (χ0n) is 6.87. The fraction of sp³-hybridized carbons (Fsp3) is 0.125. The number of amides is 1. The first-order valence-electron chi connectivity index (χ1n) is 3.80. The third kappa shape index (κ3) is 1.37. The van der Waals surface area contributed by atoms with Crippen LogP contribution in [0.4, 0.5) is 5.82 Å². The van der Waals surface area contributed by atoms with Crippen LogP contribution in [0.1, 0.15) is 16.1 Å². The Kier molecular flexibility index (Phi) is 1.99. The highest BCUT2D eigenvalue weighted by Crippen LogP contribution is 2.26. The standard InChI is InChI=1S/C8H5BrN2O3/c9-4-1-3-2-5(12)10-7(3)11-6(4)8(13)14/h1H,2H2,(H,13,14)(H,10,11,12). The van der Waals surface area contributed by atoms with Gasteiger partial charge in [0.2, 0.25) is 5.91 Å². The van der Waals surface area contributed by atoms with Crippen LogP contribution in [-0.4, -0.2) is 22.0 Å². The maximum Gasteiger partial charge on any atom is 0.355 e. The predicted molar refractivity (Wildman–Crippen MR) is 51.2 cm³/mol. The quantitative estimate of drug-likeness (QED) is 0.787. The molecule has 0 radical (unpaired) electrons. The molecule has 14 heavy (non-hydrogen) atoms. The molecule has 0 saturated heterocycles. The molecule has 2 heterocycles. The van der Waals surface area contributed by atoms with Crippen LogP contribution in [0.15, 0.2) is 10.5 Å². The highest BCUT2D eigenvalue weighted by molar-refractivity contribution is 9.10. The number of aromatic carboxylic acids is 1. The molecule has 72 valence electrons. The van der Waals surface area contributed by atoms with Crippen molar-refractivity contribution in [2.24, 2.45) is 0 Å². The van der Waals surface area contributed by atoms with Gasteiger partial charge in [0, 0.05) is 5.56 Å². The second-order valence-electron chi connectivity index (χ2n) is 2.86. The molecule has 0 bridgehead atoms. The molecular weight excluding hydrogens is 252 g/mol. The smallest absolute Gasteiger partial charge is 0.355 e. The van der Waals surface area contributed by atoms with Crippen molar-refractivity contribution in [3.05, 3.63) is 21.8 Å². The number of carbonyl (C=O) groups excluding carboxylic acids is 1. The molecule has 2 rings (SSSR count). The molecule has 0 unspecified atom stereocenters. The summed E-state index contributed by atoms with van der Waals surface area (Å²) >= 11 is 3.09. The number of carbonyl (C=O) groups is 2. The van der Waals surface area contributed by atoms with Gasteiger partial charge in [-0.15, -0.1) is 0 Å². The second kappa shape index (κ2) is 3.06. The van der Waals surface area contributed by atoms with Crippen molar-refractivity contribution in [1.29, 1.82) is 0 Å². The summed E-state index contributed by atoms with van der Waals surface area (Å²) in [5, 5.41) is 11.2. The summed E-state index contributed by atoms with van der Waals surface area (Å²) in [6, 6.07) is 1.60. The van der Waals surface area contributed by atoms with E-state index < -0.39 is 5.97 Å². The van der Waals surface area contributed by atoms with Gasteiger partial charge >= 0.3 is 5.97 Å². The minimum atomic E-state index is -1.12. The Labute approximate surface area is 87.3 Å². The van der Waals surface area contributed by atoms with Gasteiger partial charge in [-0.05, 0) is 22.0 Å². The first kappa shape index (κ1) is 9.14. The highest BCUT2D eigenvalue weighted by atomic mass is 79.9. The van der Waals surface area contributed by atoms with Gasteiger partial charge in [0.1, 0.15) is 5.82 Å². The zero-order valence-corrected chi connectivity index (χ0v) is 8.46. The van der Waals surface area contributed by atoms with Gasteiger partial charge in [0.05, 0.1) is 10.9 Å². The fourth-order valence-corrected chi connectivity index (χ4v) is 1.80. The maximum absolute atomic E-state index is 11.0. The van der Waals surface area contributed by atoms with E-state index in [-0.39, 0.29) is 18.0 Å². The van der Waals surface area contributed by atoms with Crippen molar-refractivity contribution in [1.82, 2.24) is 4.98 Å². The molecule has 0 aliphatic carbocycles. The lowest BCUT2D eigenvalue weighted by Crippen LogP contribution is -2.06. The molecule has 1 aromatic heterocycles. The number of fused-ring (bicyclic) bond motifs is 1. The maximum atomic E-state index is 11.0. The Bertz CT molecular complexity index is 444. The zero-order chi connectivity index (χ0) is 10.3. The summed E-state index contributed by atoms with van der Waals surface area (Å²) in [4.78, 5) is 25.5. The molecule has 0 saturated carbocycles. The third-order valence-corrected chi connectivity index (χ3v) is 2.47. The van der Waals surface area contributed by atoms with Crippen LogP contribution in [0.25, 0.3) is 0 Å². The highest BCUT2D eigenvalue weighted by Gasteiger charge is 2.22. The molecule has 0 atom stereocenters. The molecule has 2 N–H and O–H groups in total. The number of carboxylic acid groups (broad SMARTS) is 1. The molecule has 0 spiro atoms. The topological polar surface area (TPSA) is 79.3 Å². The summed E-state index contributed by atoms with van der Waals surface area (Å²) in [7, 11) is 0. The largest absolute Gasteiger partial charge is 0.476 e. The van der Waals surface area contributed by atoms with Crippen molar-refractivity contribution in [2.45, 2.75) is 6.42 Å². The van der Waals surface area contributed by atoms with E-state index in [1.807, 2.05) is 0 Å². The van der Waals surface area contributed by atoms with Crippen LogP contribution in [0.2, 0.25) is 0 Å². The lowest BCUT2D eigenvalue weighted by molar-refractivity contribution is -0.115. The molecule has 5 nitrogen and oxygen atoms in total. The Morgan fingerprint density at radius 1 is 1.64 bits per heavy atom. The van der Waals surface area contributed by atoms with Crippen molar-refractivity contribution >= 4 is 33.6 Å². The molecule has 0 fully saturated rings. The number of nitrogens with one attached hydrogen (secondary N) is 1. The summed E-state index contributed by atoms with van der Waals surface area (Å²) in [5.41, 5.74) is 0.623. The van der Waals surface area contributed by atoms with Crippen LogP contribution >= 0.6 is 15.9 Å². The van der Waals surface area contributed by atoms with Crippen molar-refractivity contribution < 1.29 is 14.7 Å². The number of pyridine rings is 1. The van der Waals surface area contributed by atoms with E-state index in [4.69, 9.17) is 5.11 Å². The Morgan fingerprint density at radius 3 is 3.00 bits per heavy atom. The third-order valence-electron chi connectivity index (χ3n) is 1.87. The molecule has 1 amide bonds. The molecule has 6 heteroatoms.